The van der Waals surface area contributed by atoms with Crippen LogP contribution in [0.15, 0.2) is 29.2 Å². The molecule has 0 radical (unpaired) electrons. The van der Waals surface area contributed by atoms with Crippen molar-refractivity contribution in [2.24, 2.45) is 0 Å². The van der Waals surface area contributed by atoms with E-state index in [1.54, 1.807) is 4.90 Å². The van der Waals surface area contributed by atoms with E-state index in [1.807, 2.05) is 6.08 Å². The lowest BCUT2D eigenvalue weighted by molar-refractivity contribution is -0.122. The fraction of sp³-hybridized carbons (Fsp3) is 0.500. The third-order valence-electron chi connectivity index (χ3n) is 4.43. The standard InChI is InChI=1S/C20H28N2OS2/c1-4-7-8-9-14-22-19(23)18(25-20(22)24)15-16-10-12-17(13-11-16)21(5-2)6-3/h10-13,15H,4-9,14H2,1-3H3/b18-15+. The summed E-state index contributed by atoms with van der Waals surface area (Å²) in [5.41, 5.74) is 2.26. The van der Waals surface area contributed by atoms with Gasteiger partial charge in [-0.1, -0.05) is 62.3 Å². The first-order valence-electron chi connectivity index (χ1n) is 9.21. The van der Waals surface area contributed by atoms with Crippen LogP contribution in [0.4, 0.5) is 5.69 Å². The Balaban J connectivity index is 2.03. The lowest BCUT2D eigenvalue weighted by Gasteiger charge is -2.20. The zero-order chi connectivity index (χ0) is 18.2. The number of unbranched alkanes of at least 4 members (excludes halogenated alkanes) is 3. The Morgan fingerprint density at radius 3 is 2.36 bits per heavy atom. The molecule has 0 atom stereocenters. The van der Waals surface area contributed by atoms with Crippen molar-refractivity contribution in [1.29, 1.82) is 0 Å². The lowest BCUT2D eigenvalue weighted by atomic mass is 10.1. The maximum Gasteiger partial charge on any atom is 0.266 e. The van der Waals surface area contributed by atoms with E-state index in [4.69, 9.17) is 12.2 Å². The van der Waals surface area contributed by atoms with Gasteiger partial charge in [0.25, 0.3) is 5.91 Å². The first kappa shape index (κ1) is 20.0. The number of nitrogens with zero attached hydrogens (tertiary/aromatic N) is 2. The largest absolute Gasteiger partial charge is 0.372 e. The quantitative estimate of drug-likeness (QED) is 0.331. The third kappa shape index (κ3) is 5.32. The highest BCUT2D eigenvalue weighted by Crippen LogP contribution is 2.33. The molecule has 0 bridgehead atoms. The lowest BCUT2D eigenvalue weighted by Crippen LogP contribution is -2.29. The van der Waals surface area contributed by atoms with Crippen molar-refractivity contribution in [2.75, 3.05) is 24.5 Å². The van der Waals surface area contributed by atoms with Gasteiger partial charge < -0.3 is 4.90 Å². The van der Waals surface area contributed by atoms with Crippen molar-refractivity contribution in [1.82, 2.24) is 4.90 Å². The summed E-state index contributed by atoms with van der Waals surface area (Å²) in [6.07, 6.45) is 6.54. The van der Waals surface area contributed by atoms with Crippen LogP contribution in [-0.2, 0) is 4.79 Å². The minimum Gasteiger partial charge on any atom is -0.372 e. The van der Waals surface area contributed by atoms with Gasteiger partial charge in [-0.05, 0) is 44.0 Å². The Labute approximate surface area is 161 Å². The number of benzene rings is 1. The van der Waals surface area contributed by atoms with Crippen LogP contribution in [0.25, 0.3) is 6.08 Å². The highest BCUT2D eigenvalue weighted by atomic mass is 32.2. The molecular weight excluding hydrogens is 348 g/mol. The van der Waals surface area contributed by atoms with E-state index in [1.165, 1.54) is 30.3 Å². The average molecular weight is 377 g/mol. The summed E-state index contributed by atoms with van der Waals surface area (Å²) in [5.74, 6) is 0.0549. The van der Waals surface area contributed by atoms with Gasteiger partial charge in [0, 0.05) is 25.3 Å². The van der Waals surface area contributed by atoms with Crippen molar-refractivity contribution < 1.29 is 4.79 Å². The Kier molecular flexibility index (Phi) is 7.97. The van der Waals surface area contributed by atoms with E-state index < -0.39 is 0 Å². The van der Waals surface area contributed by atoms with Crippen molar-refractivity contribution in [3.63, 3.8) is 0 Å². The molecule has 3 nitrogen and oxygen atoms in total. The second kappa shape index (κ2) is 9.97. The number of hydrogen-bond acceptors (Lipinski definition) is 4. The molecule has 0 aromatic heterocycles. The molecule has 0 aliphatic carbocycles. The molecule has 1 aromatic carbocycles. The Hall–Kier alpha value is -1.33. The number of carbonyl (C=O) groups is 1. The molecule has 1 aliphatic heterocycles. The summed E-state index contributed by atoms with van der Waals surface area (Å²) in [6.45, 7) is 9.22. The molecule has 0 spiro atoms. The van der Waals surface area contributed by atoms with E-state index in [0.717, 1.165) is 42.9 Å². The SMILES string of the molecule is CCCCCCN1C(=O)/C(=C\c2ccc(N(CC)CC)cc2)SC1=S. The Morgan fingerprint density at radius 2 is 1.76 bits per heavy atom. The van der Waals surface area contributed by atoms with Gasteiger partial charge in [0.1, 0.15) is 4.32 Å². The first-order chi connectivity index (χ1) is 12.1. The molecule has 0 unspecified atom stereocenters. The average Bonchev–Trinajstić information content (AvgIpc) is 2.88. The topological polar surface area (TPSA) is 23.6 Å². The summed E-state index contributed by atoms with van der Waals surface area (Å²) in [7, 11) is 0. The minimum absolute atomic E-state index is 0.0549. The maximum atomic E-state index is 12.6. The van der Waals surface area contributed by atoms with Crippen LogP contribution in [0.3, 0.4) is 0 Å². The first-order valence-corrected chi connectivity index (χ1v) is 10.4. The number of anilines is 1. The van der Waals surface area contributed by atoms with Crippen molar-refractivity contribution in [3.05, 3.63) is 34.7 Å². The Morgan fingerprint density at radius 1 is 1.08 bits per heavy atom. The van der Waals surface area contributed by atoms with Crippen LogP contribution >= 0.6 is 24.0 Å². The normalized spacial score (nSPS) is 16.1. The number of thioether (sulfide) groups is 1. The van der Waals surface area contributed by atoms with Crippen LogP contribution in [0.1, 0.15) is 52.0 Å². The van der Waals surface area contributed by atoms with Gasteiger partial charge in [-0.15, -0.1) is 0 Å². The summed E-state index contributed by atoms with van der Waals surface area (Å²) in [5, 5.41) is 0. The number of carbonyl (C=O) groups excluding carboxylic acids is 1. The Bertz CT molecular complexity index is 621. The highest BCUT2D eigenvalue weighted by molar-refractivity contribution is 8.26. The van der Waals surface area contributed by atoms with Gasteiger partial charge in [0.2, 0.25) is 0 Å². The second-order valence-corrected chi connectivity index (χ2v) is 7.83. The molecule has 1 aliphatic rings. The molecule has 0 saturated carbocycles. The molecule has 1 amide bonds. The number of amides is 1. The van der Waals surface area contributed by atoms with E-state index in [-0.39, 0.29) is 5.91 Å². The van der Waals surface area contributed by atoms with E-state index >= 15 is 0 Å². The molecule has 2 rings (SSSR count). The van der Waals surface area contributed by atoms with Crippen LogP contribution in [0, 0.1) is 0 Å². The van der Waals surface area contributed by atoms with Gasteiger partial charge >= 0.3 is 0 Å². The van der Waals surface area contributed by atoms with E-state index in [0.29, 0.717) is 4.32 Å². The number of thiocarbonyl (C=S) groups is 1. The molecule has 25 heavy (non-hydrogen) atoms. The monoisotopic (exact) mass is 376 g/mol. The zero-order valence-electron chi connectivity index (χ0n) is 15.5. The summed E-state index contributed by atoms with van der Waals surface area (Å²) < 4.78 is 0.688. The summed E-state index contributed by atoms with van der Waals surface area (Å²) in [4.78, 5) is 17.4. The molecule has 0 N–H and O–H groups in total. The summed E-state index contributed by atoms with van der Waals surface area (Å²) in [6, 6.07) is 8.37. The smallest absolute Gasteiger partial charge is 0.266 e. The van der Waals surface area contributed by atoms with Crippen LogP contribution < -0.4 is 4.90 Å². The van der Waals surface area contributed by atoms with E-state index in [2.05, 4.69) is 49.9 Å². The molecule has 1 fully saturated rings. The molecule has 1 heterocycles. The van der Waals surface area contributed by atoms with Gasteiger partial charge in [0.15, 0.2) is 0 Å². The molecule has 1 aromatic rings. The molecule has 5 heteroatoms. The second-order valence-electron chi connectivity index (χ2n) is 6.16. The molecule has 1 saturated heterocycles. The maximum absolute atomic E-state index is 12.6. The van der Waals surface area contributed by atoms with Crippen molar-refractivity contribution in [3.8, 4) is 0 Å². The molecular formula is C20H28N2OS2. The highest BCUT2D eigenvalue weighted by Gasteiger charge is 2.31. The number of rotatable bonds is 9. The van der Waals surface area contributed by atoms with Crippen LogP contribution in [-0.4, -0.2) is 34.8 Å². The van der Waals surface area contributed by atoms with Gasteiger partial charge in [0.05, 0.1) is 4.91 Å². The minimum atomic E-state index is 0.0549. The molecule has 136 valence electrons. The number of hydrogen-bond donors (Lipinski definition) is 0. The van der Waals surface area contributed by atoms with Gasteiger partial charge in [-0.2, -0.15) is 0 Å². The predicted molar refractivity (Wildman–Crippen MR) is 114 cm³/mol. The fourth-order valence-electron chi connectivity index (χ4n) is 2.91. The summed E-state index contributed by atoms with van der Waals surface area (Å²) >= 11 is 6.81. The van der Waals surface area contributed by atoms with Crippen molar-refractivity contribution in [2.45, 2.75) is 46.5 Å². The van der Waals surface area contributed by atoms with Crippen LogP contribution in [0.5, 0.6) is 0 Å². The van der Waals surface area contributed by atoms with Gasteiger partial charge in [-0.25, -0.2) is 0 Å². The van der Waals surface area contributed by atoms with Crippen LogP contribution in [0.2, 0.25) is 0 Å². The predicted octanol–water partition coefficient (Wildman–Crippen LogP) is 5.31. The van der Waals surface area contributed by atoms with Gasteiger partial charge in [-0.3, -0.25) is 9.69 Å². The van der Waals surface area contributed by atoms with E-state index in [9.17, 15) is 4.79 Å². The fourth-order valence-corrected chi connectivity index (χ4v) is 4.22. The van der Waals surface area contributed by atoms with Crippen molar-refractivity contribution >= 4 is 46.0 Å². The zero-order valence-corrected chi connectivity index (χ0v) is 17.1. The third-order valence-corrected chi connectivity index (χ3v) is 5.81.